The lowest BCUT2D eigenvalue weighted by Gasteiger charge is -2.13. The molecular formula is C69H44N4O. The van der Waals surface area contributed by atoms with Crippen LogP contribution in [0, 0.1) is 0 Å². The zero-order valence-corrected chi connectivity index (χ0v) is 40.1. The molecule has 0 amide bonds. The minimum atomic E-state index is 0.592. The van der Waals surface area contributed by atoms with Crippen molar-refractivity contribution >= 4 is 43.7 Å². The topological polar surface area (TPSA) is 56.7 Å². The fourth-order valence-corrected chi connectivity index (χ4v) is 10.7. The smallest absolute Gasteiger partial charge is 0.164 e. The van der Waals surface area contributed by atoms with Crippen LogP contribution in [-0.2, 0) is 0 Å². The Balaban J connectivity index is 0.864. The first kappa shape index (κ1) is 42.9. The molecule has 0 N–H and O–H groups in total. The van der Waals surface area contributed by atoms with Gasteiger partial charge in [0, 0.05) is 49.5 Å². The van der Waals surface area contributed by atoms with Crippen LogP contribution in [0.25, 0.3) is 139 Å². The molecule has 0 unspecified atom stereocenters. The monoisotopic (exact) mass is 944 g/mol. The Kier molecular flexibility index (Phi) is 10.4. The molecule has 5 heteroatoms. The van der Waals surface area contributed by atoms with Crippen LogP contribution >= 0.6 is 0 Å². The molecule has 346 valence electrons. The van der Waals surface area contributed by atoms with E-state index in [9.17, 15) is 0 Å². The molecule has 0 atom stereocenters. The first-order chi connectivity index (χ1) is 36.7. The lowest BCUT2D eigenvalue weighted by Crippen LogP contribution is -2.01. The van der Waals surface area contributed by atoms with Gasteiger partial charge >= 0.3 is 0 Å². The number of benzene rings is 11. The molecule has 14 aromatic rings. The molecule has 3 heterocycles. The number of nitrogens with zero attached hydrogens (tertiary/aromatic N) is 4. The van der Waals surface area contributed by atoms with E-state index >= 15 is 0 Å². The van der Waals surface area contributed by atoms with Gasteiger partial charge in [-0.1, -0.05) is 218 Å². The van der Waals surface area contributed by atoms with E-state index in [1.807, 2.05) is 12.1 Å². The highest BCUT2D eigenvalue weighted by Gasteiger charge is 2.18. The van der Waals surface area contributed by atoms with Gasteiger partial charge < -0.3 is 8.98 Å². The minimum Gasteiger partial charge on any atom is -0.455 e. The molecule has 3 aromatic heterocycles. The van der Waals surface area contributed by atoms with Crippen molar-refractivity contribution < 1.29 is 4.42 Å². The van der Waals surface area contributed by atoms with E-state index in [0.29, 0.717) is 17.5 Å². The Morgan fingerprint density at radius 3 is 1.35 bits per heavy atom. The average molecular weight is 945 g/mol. The largest absolute Gasteiger partial charge is 0.455 e. The summed E-state index contributed by atoms with van der Waals surface area (Å²) in [6, 6.07) is 94.1. The van der Waals surface area contributed by atoms with Gasteiger partial charge in [0.1, 0.15) is 11.2 Å². The van der Waals surface area contributed by atoms with Gasteiger partial charge in [-0.15, -0.1) is 0 Å². The van der Waals surface area contributed by atoms with Gasteiger partial charge in [-0.25, -0.2) is 15.0 Å². The van der Waals surface area contributed by atoms with Crippen LogP contribution in [-0.4, -0.2) is 19.5 Å². The maximum absolute atomic E-state index is 6.44. The molecule has 0 aliphatic heterocycles. The molecule has 0 fully saturated rings. The molecule has 0 spiro atoms. The molecule has 0 saturated carbocycles. The van der Waals surface area contributed by atoms with Crippen LogP contribution in [0.2, 0.25) is 0 Å². The molecule has 14 rings (SSSR count). The number of aromatic nitrogens is 4. The third-order valence-electron chi connectivity index (χ3n) is 14.3. The quantitative estimate of drug-likeness (QED) is 0.145. The van der Waals surface area contributed by atoms with E-state index in [4.69, 9.17) is 19.4 Å². The number of furan rings is 1. The van der Waals surface area contributed by atoms with E-state index in [-0.39, 0.29) is 0 Å². The summed E-state index contributed by atoms with van der Waals surface area (Å²) in [7, 11) is 0. The molecule has 11 aromatic carbocycles. The van der Waals surface area contributed by atoms with Gasteiger partial charge in [-0.05, 0) is 98.6 Å². The Morgan fingerprint density at radius 1 is 0.257 bits per heavy atom. The van der Waals surface area contributed by atoms with Crippen LogP contribution in [0.5, 0.6) is 0 Å². The number of para-hydroxylation sites is 4. The minimum absolute atomic E-state index is 0.592. The van der Waals surface area contributed by atoms with Gasteiger partial charge in [-0.2, -0.15) is 0 Å². The summed E-state index contributed by atoms with van der Waals surface area (Å²) in [4.78, 5) is 15.8. The van der Waals surface area contributed by atoms with Crippen LogP contribution in [0.3, 0.4) is 0 Å². The zero-order valence-electron chi connectivity index (χ0n) is 40.1. The van der Waals surface area contributed by atoms with E-state index < -0.39 is 0 Å². The molecular weight excluding hydrogens is 901 g/mol. The highest BCUT2D eigenvalue weighted by atomic mass is 16.3. The fourth-order valence-electron chi connectivity index (χ4n) is 10.7. The van der Waals surface area contributed by atoms with Gasteiger partial charge in [0.05, 0.1) is 11.0 Å². The summed E-state index contributed by atoms with van der Waals surface area (Å²) in [6.07, 6.45) is 0. The summed E-state index contributed by atoms with van der Waals surface area (Å²) in [5, 5.41) is 4.66. The van der Waals surface area contributed by atoms with Crippen molar-refractivity contribution in [2.24, 2.45) is 0 Å². The van der Waals surface area contributed by atoms with Crippen molar-refractivity contribution in [2.75, 3.05) is 0 Å². The van der Waals surface area contributed by atoms with Crippen molar-refractivity contribution in [1.82, 2.24) is 19.5 Å². The lowest BCUT2D eigenvalue weighted by atomic mass is 9.92. The lowest BCUT2D eigenvalue weighted by molar-refractivity contribution is 0.670. The second-order valence-electron chi connectivity index (χ2n) is 18.7. The van der Waals surface area contributed by atoms with E-state index in [0.717, 1.165) is 94.3 Å². The third-order valence-corrected chi connectivity index (χ3v) is 14.3. The zero-order chi connectivity index (χ0) is 49.0. The van der Waals surface area contributed by atoms with Gasteiger partial charge in [-0.3, -0.25) is 0 Å². The molecule has 5 nitrogen and oxygen atoms in total. The Morgan fingerprint density at radius 2 is 0.676 bits per heavy atom. The Bertz CT molecular complexity index is 4380. The van der Waals surface area contributed by atoms with Crippen LogP contribution in [0.15, 0.2) is 271 Å². The predicted molar refractivity (Wildman–Crippen MR) is 305 cm³/mol. The summed E-state index contributed by atoms with van der Waals surface area (Å²) in [5.74, 6) is 1.78. The van der Waals surface area contributed by atoms with Crippen molar-refractivity contribution in [3.63, 3.8) is 0 Å². The first-order valence-electron chi connectivity index (χ1n) is 25.0. The van der Waals surface area contributed by atoms with Crippen LogP contribution < -0.4 is 0 Å². The standard InChI is InChI=1S/C69H44N4O/c1-2-17-46(18-3-1)56-27-4-5-28-57(56)51-22-13-20-49(42-51)50-21-14-24-53(43-50)68-70-67(71-69(72-68)54-25-15-26-55(44-54)73-63-34-9-6-29-59(63)60-30-7-10-35-64(60)73)47-39-37-45(38-40-47)48-19-12-23-52(41-48)58-32-16-33-62-61-31-8-11-36-65(61)74-66(58)62/h1-44H. The average Bonchev–Trinajstić information content (AvgIpc) is 4.04. The van der Waals surface area contributed by atoms with Crippen LogP contribution in [0.4, 0.5) is 0 Å². The van der Waals surface area contributed by atoms with Crippen molar-refractivity contribution in [3.05, 3.63) is 267 Å². The highest BCUT2D eigenvalue weighted by molar-refractivity contribution is 6.10. The molecule has 0 aliphatic rings. The van der Waals surface area contributed by atoms with E-state index in [1.54, 1.807) is 0 Å². The summed E-state index contributed by atoms with van der Waals surface area (Å²) in [6.45, 7) is 0. The van der Waals surface area contributed by atoms with Gasteiger partial charge in [0.15, 0.2) is 17.5 Å². The second-order valence-corrected chi connectivity index (χ2v) is 18.7. The molecule has 74 heavy (non-hydrogen) atoms. The number of rotatable bonds is 9. The SMILES string of the molecule is c1ccc(-c2ccccc2-c2cccc(-c3cccc(-c4nc(-c5ccc(-c6cccc(-c7cccc8c7oc7ccccc78)c6)cc5)nc(-c5cccc(-n6c7ccccc7c7ccccc76)c5)n4)c3)c2)cc1. The first-order valence-corrected chi connectivity index (χ1v) is 25.0. The summed E-state index contributed by atoms with van der Waals surface area (Å²) < 4.78 is 8.77. The van der Waals surface area contributed by atoms with Gasteiger partial charge in [0.2, 0.25) is 0 Å². The number of fused-ring (bicyclic) bond motifs is 6. The molecule has 0 aliphatic carbocycles. The Hall–Kier alpha value is -9.97. The van der Waals surface area contributed by atoms with E-state index in [2.05, 4.69) is 259 Å². The van der Waals surface area contributed by atoms with Gasteiger partial charge in [0.25, 0.3) is 0 Å². The predicted octanol–water partition coefficient (Wildman–Crippen LogP) is 18.2. The van der Waals surface area contributed by atoms with Crippen molar-refractivity contribution in [2.45, 2.75) is 0 Å². The Labute approximate surface area is 428 Å². The number of hydrogen-bond acceptors (Lipinski definition) is 4. The summed E-state index contributed by atoms with van der Waals surface area (Å²) in [5.41, 5.74) is 19.0. The number of hydrogen-bond donors (Lipinski definition) is 0. The highest BCUT2D eigenvalue weighted by Crippen LogP contribution is 2.39. The fraction of sp³-hybridized carbons (Fsp3) is 0. The second kappa shape index (κ2) is 18.0. The molecule has 0 saturated heterocycles. The van der Waals surface area contributed by atoms with Crippen molar-refractivity contribution in [3.8, 4) is 95.5 Å². The van der Waals surface area contributed by atoms with E-state index in [1.165, 1.54) is 27.5 Å². The third kappa shape index (κ3) is 7.63. The molecule has 0 bridgehead atoms. The van der Waals surface area contributed by atoms with Crippen LogP contribution in [0.1, 0.15) is 0 Å². The summed E-state index contributed by atoms with van der Waals surface area (Å²) >= 11 is 0. The van der Waals surface area contributed by atoms with Crippen molar-refractivity contribution in [1.29, 1.82) is 0 Å². The molecule has 0 radical (unpaired) electrons. The maximum Gasteiger partial charge on any atom is 0.164 e. The normalized spacial score (nSPS) is 11.5. The maximum atomic E-state index is 6.44.